The summed E-state index contributed by atoms with van der Waals surface area (Å²) >= 11 is 0. The second kappa shape index (κ2) is 6.58. The van der Waals surface area contributed by atoms with Crippen molar-refractivity contribution in [1.29, 1.82) is 0 Å². The number of carbonyl (C=O) groups excluding carboxylic acids is 1. The van der Waals surface area contributed by atoms with Crippen molar-refractivity contribution < 1.29 is 13.2 Å². The molecule has 0 atom stereocenters. The highest BCUT2D eigenvalue weighted by atomic mass is 32.2. The van der Waals surface area contributed by atoms with Gasteiger partial charge in [0, 0.05) is 31.2 Å². The second-order valence-corrected chi connectivity index (χ2v) is 6.90. The predicted octanol–water partition coefficient (Wildman–Crippen LogP) is 1.55. The molecule has 0 radical (unpaired) electrons. The third-order valence-corrected chi connectivity index (χ3v) is 4.89. The maximum Gasteiger partial charge on any atom is 0.299 e. The Balaban J connectivity index is 1.82. The van der Waals surface area contributed by atoms with Crippen molar-refractivity contribution in [3.05, 3.63) is 53.9 Å². The number of nitrogens with zero attached hydrogens (tertiary/aromatic N) is 2. The Morgan fingerprint density at radius 2 is 2.17 bits per heavy atom. The summed E-state index contributed by atoms with van der Waals surface area (Å²) in [5.74, 6) is -0.108. The molecule has 24 heavy (non-hydrogen) atoms. The van der Waals surface area contributed by atoms with Crippen LogP contribution in [0.5, 0.6) is 0 Å². The first-order chi connectivity index (χ1) is 11.5. The summed E-state index contributed by atoms with van der Waals surface area (Å²) in [7, 11) is -3.56. The fraction of sp³-hybridized carbons (Fsp3) is 0.250. The van der Waals surface area contributed by atoms with Gasteiger partial charge in [0.25, 0.3) is 16.1 Å². The lowest BCUT2D eigenvalue weighted by Crippen LogP contribution is -2.30. The van der Waals surface area contributed by atoms with Gasteiger partial charge in [-0.05, 0) is 42.3 Å². The Hall–Kier alpha value is -2.45. The number of aromatic nitrogens is 1. The highest BCUT2D eigenvalue weighted by Crippen LogP contribution is 2.31. The van der Waals surface area contributed by atoms with Gasteiger partial charge < -0.3 is 4.90 Å². The molecule has 0 bridgehead atoms. The molecule has 2 N–H and O–H groups in total. The molecule has 2 aromatic rings. The van der Waals surface area contributed by atoms with Gasteiger partial charge in [-0.25, -0.2) is 0 Å². The van der Waals surface area contributed by atoms with Crippen LogP contribution in [0.1, 0.15) is 22.8 Å². The molecule has 1 aromatic heterocycles. The number of rotatable bonds is 5. The summed E-state index contributed by atoms with van der Waals surface area (Å²) < 4.78 is 28.4. The van der Waals surface area contributed by atoms with Crippen molar-refractivity contribution in [3.8, 4) is 0 Å². The fourth-order valence-corrected chi connectivity index (χ4v) is 3.59. The number of carbonyl (C=O) groups is 1. The molecule has 1 aliphatic rings. The van der Waals surface area contributed by atoms with E-state index in [2.05, 4.69) is 14.4 Å². The maximum absolute atomic E-state index is 12.6. The first kappa shape index (κ1) is 16.4. The largest absolute Gasteiger partial charge is 0.308 e. The molecule has 7 nitrogen and oxygen atoms in total. The van der Waals surface area contributed by atoms with Crippen molar-refractivity contribution >= 4 is 27.5 Å². The predicted molar refractivity (Wildman–Crippen MR) is 92.3 cm³/mol. The SMILES string of the molecule is CCNS(=O)(=O)Nc1ccc2c(c1)CCN2C(=O)c1cccnc1. The van der Waals surface area contributed by atoms with Gasteiger partial charge >= 0.3 is 0 Å². The number of anilines is 2. The minimum atomic E-state index is -3.56. The van der Waals surface area contributed by atoms with Crippen molar-refractivity contribution in [3.63, 3.8) is 0 Å². The van der Waals surface area contributed by atoms with Gasteiger partial charge in [-0.1, -0.05) is 6.92 Å². The highest BCUT2D eigenvalue weighted by molar-refractivity contribution is 7.90. The molecule has 0 saturated heterocycles. The van der Waals surface area contributed by atoms with Crippen molar-refractivity contribution in [2.75, 3.05) is 22.7 Å². The lowest BCUT2D eigenvalue weighted by atomic mass is 10.1. The van der Waals surface area contributed by atoms with E-state index < -0.39 is 10.2 Å². The molecule has 1 aromatic carbocycles. The van der Waals surface area contributed by atoms with Crippen LogP contribution in [0, 0.1) is 0 Å². The van der Waals surface area contributed by atoms with E-state index in [0.717, 1.165) is 11.3 Å². The van der Waals surface area contributed by atoms with E-state index in [9.17, 15) is 13.2 Å². The summed E-state index contributed by atoms with van der Waals surface area (Å²) in [6, 6.07) is 8.64. The van der Waals surface area contributed by atoms with Gasteiger partial charge in [-0.2, -0.15) is 13.1 Å². The lowest BCUT2D eigenvalue weighted by Gasteiger charge is -2.17. The Morgan fingerprint density at radius 3 is 2.88 bits per heavy atom. The first-order valence-corrected chi connectivity index (χ1v) is 9.10. The van der Waals surface area contributed by atoms with Crippen molar-refractivity contribution in [1.82, 2.24) is 9.71 Å². The lowest BCUT2D eigenvalue weighted by molar-refractivity contribution is 0.0989. The molecule has 0 saturated carbocycles. The van der Waals surface area contributed by atoms with Gasteiger partial charge in [-0.3, -0.25) is 14.5 Å². The monoisotopic (exact) mass is 346 g/mol. The number of benzene rings is 1. The van der Waals surface area contributed by atoms with Crippen LogP contribution < -0.4 is 14.3 Å². The molecule has 8 heteroatoms. The van der Waals surface area contributed by atoms with E-state index in [1.807, 2.05) is 0 Å². The molecule has 1 amide bonds. The van der Waals surface area contributed by atoms with Crippen molar-refractivity contribution in [2.24, 2.45) is 0 Å². The zero-order chi connectivity index (χ0) is 17.2. The van der Waals surface area contributed by atoms with Crippen LogP contribution in [-0.4, -0.2) is 32.4 Å². The van der Waals surface area contributed by atoms with Crippen molar-refractivity contribution in [2.45, 2.75) is 13.3 Å². The van der Waals surface area contributed by atoms with Gasteiger partial charge in [-0.15, -0.1) is 0 Å². The highest BCUT2D eigenvalue weighted by Gasteiger charge is 2.26. The molecule has 0 spiro atoms. The zero-order valence-corrected chi connectivity index (χ0v) is 14.0. The molecule has 126 valence electrons. The Bertz CT molecular complexity index is 853. The number of hydrogen-bond acceptors (Lipinski definition) is 4. The molecule has 0 fully saturated rings. The number of hydrogen-bond donors (Lipinski definition) is 2. The van der Waals surface area contributed by atoms with E-state index in [-0.39, 0.29) is 5.91 Å². The fourth-order valence-electron chi connectivity index (χ4n) is 2.70. The van der Waals surface area contributed by atoms with Gasteiger partial charge in [0.1, 0.15) is 0 Å². The second-order valence-electron chi connectivity index (χ2n) is 5.40. The number of pyridine rings is 1. The van der Waals surface area contributed by atoms with E-state index in [1.165, 1.54) is 0 Å². The summed E-state index contributed by atoms with van der Waals surface area (Å²) in [6.07, 6.45) is 3.84. The maximum atomic E-state index is 12.6. The molecular weight excluding hydrogens is 328 g/mol. The third-order valence-electron chi connectivity index (χ3n) is 3.72. The van der Waals surface area contributed by atoms with Gasteiger partial charge in [0.2, 0.25) is 0 Å². The van der Waals surface area contributed by atoms with Crippen LogP contribution in [-0.2, 0) is 16.6 Å². The standard InChI is InChI=1S/C16H18N4O3S/c1-2-18-24(22,23)19-14-5-6-15-12(10-14)7-9-20(15)16(21)13-4-3-8-17-11-13/h3-6,8,10-11,18-19H,2,7,9H2,1H3. The Labute approximate surface area is 140 Å². The number of nitrogens with one attached hydrogen (secondary N) is 2. The summed E-state index contributed by atoms with van der Waals surface area (Å²) in [5, 5.41) is 0. The van der Waals surface area contributed by atoms with Crippen LogP contribution in [0.15, 0.2) is 42.7 Å². The topological polar surface area (TPSA) is 91.4 Å². The van der Waals surface area contributed by atoms with E-state index in [0.29, 0.717) is 30.8 Å². The molecule has 0 aliphatic carbocycles. The average molecular weight is 346 g/mol. The minimum absolute atomic E-state index is 0.108. The van der Waals surface area contributed by atoms with Crippen LogP contribution in [0.25, 0.3) is 0 Å². The van der Waals surface area contributed by atoms with Crippen LogP contribution >= 0.6 is 0 Å². The number of amides is 1. The third kappa shape index (κ3) is 3.39. The van der Waals surface area contributed by atoms with Crippen LogP contribution in [0.2, 0.25) is 0 Å². The van der Waals surface area contributed by atoms with Gasteiger partial charge in [0.05, 0.1) is 11.3 Å². The summed E-state index contributed by atoms with van der Waals surface area (Å²) in [5.41, 5.74) is 2.74. The normalized spacial score (nSPS) is 13.6. The molecular formula is C16H18N4O3S. The Kier molecular flexibility index (Phi) is 4.50. The summed E-state index contributed by atoms with van der Waals surface area (Å²) in [6.45, 7) is 2.59. The van der Waals surface area contributed by atoms with E-state index in [4.69, 9.17) is 0 Å². The van der Waals surface area contributed by atoms with Crippen LogP contribution in [0.4, 0.5) is 11.4 Å². The smallest absolute Gasteiger partial charge is 0.299 e. The van der Waals surface area contributed by atoms with E-state index >= 15 is 0 Å². The molecule has 3 rings (SSSR count). The summed E-state index contributed by atoms with van der Waals surface area (Å²) in [4.78, 5) is 18.2. The first-order valence-electron chi connectivity index (χ1n) is 7.62. The Morgan fingerprint density at radius 1 is 1.33 bits per heavy atom. The molecule has 0 unspecified atom stereocenters. The minimum Gasteiger partial charge on any atom is -0.308 e. The molecule has 2 heterocycles. The zero-order valence-electron chi connectivity index (χ0n) is 13.2. The van der Waals surface area contributed by atoms with E-state index in [1.54, 1.807) is 54.5 Å². The average Bonchev–Trinajstić information content (AvgIpc) is 2.97. The number of fused-ring (bicyclic) bond motifs is 1. The quantitative estimate of drug-likeness (QED) is 0.859. The molecule has 1 aliphatic heterocycles. The van der Waals surface area contributed by atoms with Crippen LogP contribution in [0.3, 0.4) is 0 Å². The van der Waals surface area contributed by atoms with Gasteiger partial charge in [0.15, 0.2) is 0 Å².